The van der Waals surface area contributed by atoms with Crippen molar-refractivity contribution in [2.45, 2.75) is 59.3 Å². The summed E-state index contributed by atoms with van der Waals surface area (Å²) in [6.07, 6.45) is 12.3. The molecule has 0 radical (unpaired) electrons. The van der Waals surface area contributed by atoms with Crippen LogP contribution in [0.15, 0.2) is 12.7 Å². The standard InChI is InChI=1S/C14H27/c1-5-8-11-13(4)14(10-7-3)12-9-6-2/h5,11,13-14H,1,6-10,12H2,2-4H3/q+1. The minimum absolute atomic E-state index is 0.763. The maximum Gasteiger partial charge on any atom is 0.106 e. The summed E-state index contributed by atoms with van der Waals surface area (Å²) in [5.41, 5.74) is 0. The topological polar surface area (TPSA) is 0 Å². The Bertz CT molecular complexity index is 126. The predicted molar refractivity (Wildman–Crippen MR) is 66.2 cm³/mol. The Morgan fingerprint density at radius 1 is 1.21 bits per heavy atom. The summed E-state index contributed by atoms with van der Waals surface area (Å²) in [5.74, 6) is 1.67. The van der Waals surface area contributed by atoms with E-state index in [4.69, 9.17) is 0 Å². The zero-order valence-electron chi connectivity index (χ0n) is 10.3. The second kappa shape index (κ2) is 9.18. The van der Waals surface area contributed by atoms with E-state index < -0.39 is 0 Å². The second-order valence-electron chi connectivity index (χ2n) is 4.31. The van der Waals surface area contributed by atoms with Crippen LogP contribution in [0.4, 0.5) is 0 Å². The number of rotatable bonds is 9. The van der Waals surface area contributed by atoms with Crippen molar-refractivity contribution in [3.63, 3.8) is 0 Å². The Hall–Kier alpha value is -0.390. The Morgan fingerprint density at radius 2 is 1.93 bits per heavy atom. The van der Waals surface area contributed by atoms with Gasteiger partial charge in [0.05, 0.1) is 12.3 Å². The van der Waals surface area contributed by atoms with Crippen LogP contribution >= 0.6 is 0 Å². The van der Waals surface area contributed by atoms with E-state index in [-0.39, 0.29) is 0 Å². The van der Waals surface area contributed by atoms with Crippen LogP contribution in [0.25, 0.3) is 0 Å². The molecular formula is C14H27+. The quantitative estimate of drug-likeness (QED) is 0.358. The fourth-order valence-electron chi connectivity index (χ4n) is 2.01. The Kier molecular flexibility index (Phi) is 8.92. The molecule has 0 aliphatic heterocycles. The summed E-state index contributed by atoms with van der Waals surface area (Å²) in [6.45, 7) is 10.7. The maximum absolute atomic E-state index is 3.77. The van der Waals surface area contributed by atoms with Gasteiger partial charge in [0, 0.05) is 5.92 Å². The first-order valence-corrected chi connectivity index (χ1v) is 6.20. The minimum Gasteiger partial charge on any atom is -0.0989 e. The average molecular weight is 195 g/mol. The molecule has 0 aromatic rings. The van der Waals surface area contributed by atoms with Crippen LogP contribution in [-0.2, 0) is 0 Å². The van der Waals surface area contributed by atoms with Gasteiger partial charge >= 0.3 is 0 Å². The Morgan fingerprint density at radius 3 is 2.43 bits per heavy atom. The van der Waals surface area contributed by atoms with Crippen molar-refractivity contribution in [3.05, 3.63) is 19.1 Å². The number of hydrogen-bond donors (Lipinski definition) is 0. The third-order valence-electron chi connectivity index (χ3n) is 3.01. The zero-order valence-corrected chi connectivity index (χ0v) is 10.3. The highest BCUT2D eigenvalue weighted by Gasteiger charge is 2.21. The number of unbranched alkanes of at least 4 members (excludes halogenated alkanes) is 1. The van der Waals surface area contributed by atoms with Gasteiger partial charge < -0.3 is 0 Å². The molecule has 2 unspecified atom stereocenters. The van der Waals surface area contributed by atoms with Crippen LogP contribution in [0.1, 0.15) is 59.3 Å². The smallest absolute Gasteiger partial charge is 0.0989 e. The first-order chi connectivity index (χ1) is 6.76. The molecule has 0 saturated heterocycles. The highest BCUT2D eigenvalue weighted by molar-refractivity contribution is 4.85. The largest absolute Gasteiger partial charge is 0.106 e. The molecule has 0 heteroatoms. The lowest BCUT2D eigenvalue weighted by Gasteiger charge is -2.17. The van der Waals surface area contributed by atoms with Gasteiger partial charge in [0.2, 0.25) is 0 Å². The molecule has 0 nitrogen and oxygen atoms in total. The molecule has 0 fully saturated rings. The molecule has 0 amide bonds. The van der Waals surface area contributed by atoms with Gasteiger partial charge in [0.25, 0.3) is 0 Å². The summed E-state index contributed by atoms with van der Waals surface area (Å²) in [7, 11) is 0. The third-order valence-corrected chi connectivity index (χ3v) is 3.01. The first kappa shape index (κ1) is 13.6. The van der Waals surface area contributed by atoms with Crippen LogP contribution in [0.2, 0.25) is 0 Å². The molecule has 82 valence electrons. The van der Waals surface area contributed by atoms with Crippen LogP contribution in [0.3, 0.4) is 0 Å². The molecule has 0 N–H and O–H groups in total. The van der Waals surface area contributed by atoms with E-state index in [0.29, 0.717) is 0 Å². The Labute approximate surface area is 90.8 Å². The fourth-order valence-corrected chi connectivity index (χ4v) is 2.01. The van der Waals surface area contributed by atoms with Gasteiger partial charge in [0.15, 0.2) is 0 Å². The predicted octanol–water partition coefficient (Wildman–Crippen LogP) is 5.01. The van der Waals surface area contributed by atoms with Gasteiger partial charge in [-0.25, -0.2) is 0 Å². The van der Waals surface area contributed by atoms with Crippen molar-refractivity contribution in [2.24, 2.45) is 11.8 Å². The van der Waals surface area contributed by atoms with Gasteiger partial charge in [-0.1, -0.05) is 39.7 Å². The van der Waals surface area contributed by atoms with Gasteiger partial charge in [0.1, 0.15) is 6.42 Å². The summed E-state index contributed by atoms with van der Waals surface area (Å²) in [6, 6.07) is 0. The van der Waals surface area contributed by atoms with Crippen molar-refractivity contribution in [3.8, 4) is 0 Å². The van der Waals surface area contributed by atoms with E-state index in [0.717, 1.165) is 18.3 Å². The lowest BCUT2D eigenvalue weighted by atomic mass is 9.83. The van der Waals surface area contributed by atoms with E-state index in [1.54, 1.807) is 0 Å². The molecule has 0 aliphatic carbocycles. The second-order valence-corrected chi connectivity index (χ2v) is 4.31. The lowest BCUT2D eigenvalue weighted by molar-refractivity contribution is 0.333. The van der Waals surface area contributed by atoms with Crippen molar-refractivity contribution in [1.82, 2.24) is 0 Å². The third kappa shape index (κ3) is 6.12. The van der Waals surface area contributed by atoms with Crippen LogP contribution < -0.4 is 0 Å². The molecular weight excluding hydrogens is 168 g/mol. The summed E-state index contributed by atoms with van der Waals surface area (Å²) >= 11 is 0. The van der Waals surface area contributed by atoms with E-state index in [2.05, 4.69) is 33.8 Å². The van der Waals surface area contributed by atoms with Gasteiger partial charge in [-0.3, -0.25) is 0 Å². The van der Waals surface area contributed by atoms with Gasteiger partial charge in [-0.15, -0.1) is 0 Å². The van der Waals surface area contributed by atoms with Crippen LogP contribution in [-0.4, -0.2) is 0 Å². The normalized spacial score (nSPS) is 14.8. The molecule has 2 atom stereocenters. The van der Waals surface area contributed by atoms with E-state index in [1.807, 2.05) is 6.08 Å². The van der Waals surface area contributed by atoms with Crippen molar-refractivity contribution >= 4 is 0 Å². The molecule has 0 spiro atoms. The van der Waals surface area contributed by atoms with Crippen molar-refractivity contribution in [2.75, 3.05) is 0 Å². The fraction of sp³-hybridized carbons (Fsp3) is 0.786. The molecule has 0 aliphatic rings. The molecule has 0 rings (SSSR count). The van der Waals surface area contributed by atoms with Gasteiger partial charge in [-0.05, 0) is 25.8 Å². The SMILES string of the molecule is C=CC[CH+]C(C)C(CCC)CCCC. The maximum atomic E-state index is 3.77. The monoisotopic (exact) mass is 195 g/mol. The Balaban J connectivity index is 3.82. The van der Waals surface area contributed by atoms with E-state index >= 15 is 0 Å². The number of allylic oxidation sites excluding steroid dienone is 1. The molecule has 0 heterocycles. The molecule has 14 heavy (non-hydrogen) atoms. The van der Waals surface area contributed by atoms with E-state index in [1.165, 1.54) is 32.1 Å². The molecule has 0 bridgehead atoms. The van der Waals surface area contributed by atoms with Gasteiger partial charge in [-0.2, -0.15) is 0 Å². The minimum atomic E-state index is 0.763. The zero-order chi connectivity index (χ0) is 10.8. The lowest BCUT2D eigenvalue weighted by Crippen LogP contribution is -2.12. The molecule has 0 aromatic carbocycles. The van der Waals surface area contributed by atoms with Crippen LogP contribution in [0.5, 0.6) is 0 Å². The highest BCUT2D eigenvalue weighted by atomic mass is 14.2. The summed E-state index contributed by atoms with van der Waals surface area (Å²) in [5, 5.41) is 0. The first-order valence-electron chi connectivity index (χ1n) is 6.20. The van der Waals surface area contributed by atoms with E-state index in [9.17, 15) is 0 Å². The average Bonchev–Trinajstić information content (AvgIpc) is 2.20. The number of hydrogen-bond acceptors (Lipinski definition) is 0. The highest BCUT2D eigenvalue weighted by Crippen LogP contribution is 2.26. The summed E-state index contributed by atoms with van der Waals surface area (Å²) in [4.78, 5) is 0. The van der Waals surface area contributed by atoms with Crippen LogP contribution in [0, 0.1) is 18.3 Å². The van der Waals surface area contributed by atoms with Crippen molar-refractivity contribution < 1.29 is 0 Å². The van der Waals surface area contributed by atoms with Crippen molar-refractivity contribution in [1.29, 1.82) is 0 Å². The molecule has 0 saturated carbocycles. The molecule has 0 aromatic heterocycles. The summed E-state index contributed by atoms with van der Waals surface area (Å²) < 4.78 is 0.